The molecule has 2 amide bonds. The van der Waals surface area contributed by atoms with Crippen molar-refractivity contribution < 1.29 is 19.4 Å². The van der Waals surface area contributed by atoms with Crippen LogP contribution in [0, 0.1) is 0 Å². The highest BCUT2D eigenvalue weighted by Gasteiger charge is 2.25. The predicted molar refractivity (Wildman–Crippen MR) is 119 cm³/mol. The Labute approximate surface area is 181 Å². The molecule has 3 rings (SSSR count). The second-order valence-electron chi connectivity index (χ2n) is 7.39. The van der Waals surface area contributed by atoms with Crippen molar-refractivity contribution in [2.24, 2.45) is 0 Å². The van der Waals surface area contributed by atoms with Crippen LogP contribution in [0.2, 0.25) is 0 Å². The van der Waals surface area contributed by atoms with Gasteiger partial charge in [0.2, 0.25) is 0 Å². The maximum atomic E-state index is 12.2. The summed E-state index contributed by atoms with van der Waals surface area (Å²) >= 11 is 0. The van der Waals surface area contributed by atoms with Gasteiger partial charge in [0.1, 0.15) is 11.4 Å². The van der Waals surface area contributed by atoms with Crippen LogP contribution >= 0.6 is 0 Å². The molecule has 0 aliphatic heterocycles. The average Bonchev–Trinajstić information content (AvgIpc) is 2.81. The third-order valence-corrected chi connectivity index (χ3v) is 5.05. The second-order valence-corrected chi connectivity index (χ2v) is 7.39. The van der Waals surface area contributed by atoms with Crippen LogP contribution in [0.3, 0.4) is 0 Å². The smallest absolute Gasteiger partial charge is 0.309 e. The van der Waals surface area contributed by atoms with Crippen molar-refractivity contribution in [2.45, 2.75) is 19.1 Å². The van der Waals surface area contributed by atoms with Crippen LogP contribution in [0.5, 0.6) is 5.75 Å². The number of carbonyl (C=O) groups is 2. The molecule has 0 heterocycles. The largest absolute Gasteiger partial charge is 0.496 e. The van der Waals surface area contributed by atoms with Gasteiger partial charge in [0, 0.05) is 12.1 Å². The molecule has 1 atom stereocenters. The van der Waals surface area contributed by atoms with E-state index >= 15 is 0 Å². The highest BCUT2D eigenvalue weighted by Crippen LogP contribution is 2.24. The summed E-state index contributed by atoms with van der Waals surface area (Å²) in [6, 6.07) is 24.6. The molecule has 3 aromatic rings. The molecule has 0 spiro atoms. The van der Waals surface area contributed by atoms with Gasteiger partial charge in [0.15, 0.2) is 0 Å². The number of hydrogen-bond donors (Lipinski definition) is 3. The van der Waals surface area contributed by atoms with Crippen molar-refractivity contribution >= 4 is 11.8 Å². The first kappa shape index (κ1) is 22.1. The molecular weight excluding hydrogens is 392 g/mol. The summed E-state index contributed by atoms with van der Waals surface area (Å²) in [6.07, 6.45) is 0. The van der Waals surface area contributed by atoms with Crippen molar-refractivity contribution in [2.75, 3.05) is 13.7 Å². The Bertz CT molecular complexity index is 1030. The van der Waals surface area contributed by atoms with Gasteiger partial charge < -0.3 is 20.5 Å². The van der Waals surface area contributed by atoms with E-state index in [9.17, 15) is 14.7 Å². The van der Waals surface area contributed by atoms with E-state index in [2.05, 4.69) is 10.6 Å². The topological polar surface area (TPSA) is 87.7 Å². The zero-order valence-corrected chi connectivity index (χ0v) is 17.6. The van der Waals surface area contributed by atoms with Crippen molar-refractivity contribution in [3.63, 3.8) is 0 Å². The zero-order chi connectivity index (χ0) is 22.3. The summed E-state index contributed by atoms with van der Waals surface area (Å²) in [5, 5.41) is 15.9. The minimum atomic E-state index is -1.33. The molecule has 0 bridgehead atoms. The Kier molecular flexibility index (Phi) is 7.05. The molecule has 160 valence electrons. The summed E-state index contributed by atoms with van der Waals surface area (Å²) < 4.78 is 5.23. The van der Waals surface area contributed by atoms with Gasteiger partial charge in [0.05, 0.1) is 13.7 Å². The summed E-state index contributed by atoms with van der Waals surface area (Å²) in [6.45, 7) is 1.66. The van der Waals surface area contributed by atoms with E-state index in [1.165, 1.54) is 0 Å². The first-order chi connectivity index (χ1) is 14.9. The SMILES string of the molecule is COc1ccccc1CNC(=O)C(=O)NCC(C)(O)c1ccc(-c2ccccc2)cc1. The first-order valence-corrected chi connectivity index (χ1v) is 9.97. The van der Waals surface area contributed by atoms with E-state index in [0.717, 1.165) is 16.7 Å². The molecule has 6 nitrogen and oxygen atoms in total. The number of methoxy groups -OCH3 is 1. The predicted octanol–water partition coefficient (Wildman–Crippen LogP) is 3.00. The van der Waals surface area contributed by atoms with Gasteiger partial charge in [-0.2, -0.15) is 0 Å². The van der Waals surface area contributed by atoms with Gasteiger partial charge in [-0.3, -0.25) is 9.59 Å². The van der Waals surface area contributed by atoms with Gasteiger partial charge in [-0.25, -0.2) is 0 Å². The summed E-state index contributed by atoms with van der Waals surface area (Å²) in [7, 11) is 1.54. The van der Waals surface area contributed by atoms with Crippen LogP contribution in [0.1, 0.15) is 18.1 Å². The molecule has 3 aromatic carbocycles. The molecule has 3 N–H and O–H groups in total. The van der Waals surface area contributed by atoms with Crippen LogP contribution in [-0.4, -0.2) is 30.6 Å². The van der Waals surface area contributed by atoms with Crippen molar-refractivity contribution in [1.29, 1.82) is 0 Å². The van der Waals surface area contributed by atoms with Crippen LogP contribution < -0.4 is 15.4 Å². The fourth-order valence-electron chi connectivity index (χ4n) is 3.19. The molecule has 0 saturated carbocycles. The summed E-state index contributed by atoms with van der Waals surface area (Å²) in [5.41, 5.74) is 2.18. The van der Waals surface area contributed by atoms with Gasteiger partial charge in [0.25, 0.3) is 0 Å². The molecule has 1 unspecified atom stereocenters. The van der Waals surface area contributed by atoms with E-state index < -0.39 is 17.4 Å². The van der Waals surface area contributed by atoms with Gasteiger partial charge in [-0.05, 0) is 29.7 Å². The normalized spacial score (nSPS) is 12.5. The lowest BCUT2D eigenvalue weighted by atomic mass is 9.93. The molecule has 0 saturated heterocycles. The number of benzene rings is 3. The maximum absolute atomic E-state index is 12.2. The number of carbonyl (C=O) groups excluding carboxylic acids is 2. The van der Waals surface area contributed by atoms with Crippen LogP contribution in [-0.2, 0) is 21.7 Å². The third kappa shape index (κ3) is 5.71. The van der Waals surface area contributed by atoms with E-state index in [4.69, 9.17) is 4.74 Å². The number of rotatable bonds is 7. The lowest BCUT2D eigenvalue weighted by Gasteiger charge is -2.24. The molecule has 6 heteroatoms. The Morgan fingerprint density at radius 3 is 2.10 bits per heavy atom. The number of nitrogens with one attached hydrogen (secondary N) is 2. The van der Waals surface area contributed by atoms with Crippen LogP contribution in [0.25, 0.3) is 11.1 Å². The highest BCUT2D eigenvalue weighted by atomic mass is 16.5. The molecule has 0 aliphatic rings. The number of hydrogen-bond acceptors (Lipinski definition) is 4. The molecule has 0 fully saturated rings. The molecule has 0 radical (unpaired) electrons. The summed E-state index contributed by atoms with van der Waals surface area (Å²) in [4.78, 5) is 24.3. The van der Waals surface area contributed by atoms with Crippen molar-refractivity contribution in [3.8, 4) is 16.9 Å². The van der Waals surface area contributed by atoms with Gasteiger partial charge in [-0.15, -0.1) is 0 Å². The molecule has 0 aromatic heterocycles. The van der Waals surface area contributed by atoms with E-state index in [1.807, 2.05) is 66.7 Å². The Morgan fingerprint density at radius 1 is 0.839 bits per heavy atom. The fourth-order valence-corrected chi connectivity index (χ4v) is 3.19. The monoisotopic (exact) mass is 418 g/mol. The average molecular weight is 418 g/mol. The van der Waals surface area contributed by atoms with E-state index in [-0.39, 0.29) is 13.1 Å². The van der Waals surface area contributed by atoms with Crippen LogP contribution in [0.15, 0.2) is 78.9 Å². The van der Waals surface area contributed by atoms with E-state index in [1.54, 1.807) is 26.2 Å². The van der Waals surface area contributed by atoms with Crippen LogP contribution in [0.4, 0.5) is 0 Å². The van der Waals surface area contributed by atoms with E-state index in [0.29, 0.717) is 11.3 Å². The van der Waals surface area contributed by atoms with Crippen molar-refractivity contribution in [3.05, 3.63) is 90.0 Å². The lowest BCUT2D eigenvalue weighted by Crippen LogP contribution is -2.45. The first-order valence-electron chi connectivity index (χ1n) is 9.97. The standard InChI is InChI=1S/C25H26N2O4/c1-25(30,21-14-12-19(13-15-21)18-8-4-3-5-9-18)17-27-24(29)23(28)26-16-20-10-6-7-11-22(20)31-2/h3-15,30H,16-17H2,1-2H3,(H,26,28)(H,27,29). The van der Waals surface area contributed by atoms with Gasteiger partial charge in [-0.1, -0.05) is 72.8 Å². The molecule has 0 aliphatic carbocycles. The minimum Gasteiger partial charge on any atom is -0.496 e. The third-order valence-electron chi connectivity index (χ3n) is 5.05. The Morgan fingerprint density at radius 2 is 1.42 bits per heavy atom. The Balaban J connectivity index is 1.55. The van der Waals surface area contributed by atoms with Crippen molar-refractivity contribution in [1.82, 2.24) is 10.6 Å². The van der Waals surface area contributed by atoms with Gasteiger partial charge >= 0.3 is 11.8 Å². The second kappa shape index (κ2) is 9.91. The summed E-state index contributed by atoms with van der Waals surface area (Å²) in [5.74, 6) is -0.956. The number of aliphatic hydroxyl groups is 1. The molecule has 31 heavy (non-hydrogen) atoms. The Hall–Kier alpha value is -3.64. The maximum Gasteiger partial charge on any atom is 0.309 e. The number of amides is 2. The highest BCUT2D eigenvalue weighted by molar-refractivity contribution is 6.35. The molecular formula is C25H26N2O4. The zero-order valence-electron chi connectivity index (χ0n) is 17.6. The fraction of sp³-hybridized carbons (Fsp3) is 0.200. The number of para-hydroxylation sites is 1. The number of ether oxygens (including phenoxy) is 1. The quantitative estimate of drug-likeness (QED) is 0.515. The lowest BCUT2D eigenvalue weighted by molar-refractivity contribution is -0.139. The minimum absolute atomic E-state index is 0.0986.